The summed E-state index contributed by atoms with van der Waals surface area (Å²) in [6.07, 6.45) is 19.1. The van der Waals surface area contributed by atoms with Gasteiger partial charge < -0.3 is 9.47 Å². The number of ether oxygens (including phenoxy) is 2. The lowest BCUT2D eigenvalue weighted by atomic mass is 10.1. The Morgan fingerprint density at radius 3 is 1.19 bits per heavy atom. The van der Waals surface area contributed by atoms with Crippen LogP contribution in [0.15, 0.2) is 34.8 Å². The molecule has 32 heavy (non-hydrogen) atoms. The van der Waals surface area contributed by atoms with Gasteiger partial charge in [-0.25, -0.2) is 9.59 Å². The summed E-state index contributed by atoms with van der Waals surface area (Å²) in [6.45, 7) is 7.55. The molecule has 8 nitrogen and oxygen atoms in total. The van der Waals surface area contributed by atoms with Crippen molar-refractivity contribution < 1.29 is 19.1 Å². The smallest absolute Gasteiger partial charge is 0.413 e. The van der Waals surface area contributed by atoms with Crippen LogP contribution in [0.25, 0.3) is 0 Å². The summed E-state index contributed by atoms with van der Waals surface area (Å²) in [5.74, 6) is 0. The van der Waals surface area contributed by atoms with Crippen LogP contribution >= 0.6 is 0 Å². The molecule has 0 heterocycles. The lowest BCUT2D eigenvalue weighted by Crippen LogP contribution is -2.22. The van der Waals surface area contributed by atoms with E-state index in [9.17, 15) is 9.59 Å². The van der Waals surface area contributed by atoms with Gasteiger partial charge in [-0.1, -0.05) is 64.2 Å². The highest BCUT2D eigenvalue weighted by molar-refractivity contribution is 5.68. The first-order chi connectivity index (χ1) is 15.5. The summed E-state index contributed by atoms with van der Waals surface area (Å²) in [5.41, 5.74) is 0. The van der Waals surface area contributed by atoms with Crippen LogP contribution in [0.1, 0.15) is 77.0 Å². The number of hydrogen-bond donors (Lipinski definition) is 0. The third-order valence-corrected chi connectivity index (χ3v) is 4.86. The number of unbranched alkanes of at least 4 members (excludes halogenated alkanes) is 11. The molecule has 0 N–H and O–H groups in total. The zero-order chi connectivity index (χ0) is 23.9. The monoisotopic (exact) mass is 450 g/mol. The van der Waals surface area contributed by atoms with Crippen LogP contribution in [0.4, 0.5) is 9.59 Å². The summed E-state index contributed by atoms with van der Waals surface area (Å²) in [7, 11) is 3.26. The van der Waals surface area contributed by atoms with Crippen LogP contribution in [0, 0.1) is 0 Å². The minimum atomic E-state index is -0.368. The SMILES string of the molecule is C=N/C=C\N(C)C(=O)OCCCCCCCCCCCCCCOC(=O)N(C)/C=C\N=C. The van der Waals surface area contributed by atoms with Crippen LogP contribution in [0.5, 0.6) is 0 Å². The number of carbonyl (C=O) groups is 2. The highest BCUT2D eigenvalue weighted by Gasteiger charge is 2.06. The molecule has 182 valence electrons. The summed E-state index contributed by atoms with van der Waals surface area (Å²) in [5, 5.41) is 0. The molecule has 0 fully saturated rings. The fourth-order valence-corrected chi connectivity index (χ4v) is 2.91. The normalized spacial score (nSPS) is 10.9. The maximum Gasteiger partial charge on any atom is 0.413 e. The minimum Gasteiger partial charge on any atom is -0.449 e. The van der Waals surface area contributed by atoms with Gasteiger partial charge in [-0.05, 0) is 26.3 Å². The summed E-state index contributed by atoms with van der Waals surface area (Å²) in [4.78, 5) is 33.1. The third-order valence-electron chi connectivity index (χ3n) is 4.86. The molecule has 0 bridgehead atoms. The number of rotatable bonds is 19. The highest BCUT2D eigenvalue weighted by Crippen LogP contribution is 2.12. The number of amides is 2. The zero-order valence-corrected chi connectivity index (χ0v) is 20.0. The van der Waals surface area contributed by atoms with Gasteiger partial charge in [0, 0.05) is 38.9 Å². The molecule has 0 aliphatic carbocycles. The van der Waals surface area contributed by atoms with Gasteiger partial charge in [0.2, 0.25) is 0 Å². The van der Waals surface area contributed by atoms with E-state index in [0.717, 1.165) is 25.7 Å². The van der Waals surface area contributed by atoms with Crippen LogP contribution in [0.3, 0.4) is 0 Å². The molecule has 0 aliphatic heterocycles. The van der Waals surface area contributed by atoms with Crippen LogP contribution in [0.2, 0.25) is 0 Å². The van der Waals surface area contributed by atoms with Crippen LogP contribution in [-0.4, -0.2) is 62.7 Å². The molecule has 0 radical (unpaired) electrons. The van der Waals surface area contributed by atoms with Crippen LogP contribution in [-0.2, 0) is 9.47 Å². The van der Waals surface area contributed by atoms with Crippen molar-refractivity contribution in [2.24, 2.45) is 9.98 Å². The first-order valence-corrected chi connectivity index (χ1v) is 11.6. The predicted molar refractivity (Wildman–Crippen MR) is 131 cm³/mol. The molecular formula is C24H42N4O4. The third kappa shape index (κ3) is 18.2. The van der Waals surface area contributed by atoms with Gasteiger partial charge in [0.15, 0.2) is 0 Å². The average Bonchev–Trinajstić information content (AvgIpc) is 2.80. The van der Waals surface area contributed by atoms with E-state index >= 15 is 0 Å². The molecule has 0 spiro atoms. The Morgan fingerprint density at radius 2 is 0.906 bits per heavy atom. The van der Waals surface area contributed by atoms with E-state index in [0.29, 0.717) is 13.2 Å². The maximum atomic E-state index is 11.6. The second-order valence-corrected chi connectivity index (χ2v) is 7.65. The molecular weight excluding hydrogens is 408 g/mol. The summed E-state index contributed by atoms with van der Waals surface area (Å²) in [6, 6.07) is 0. The molecule has 0 unspecified atom stereocenters. The van der Waals surface area contributed by atoms with E-state index in [-0.39, 0.29) is 12.2 Å². The van der Waals surface area contributed by atoms with Crippen molar-refractivity contribution in [2.45, 2.75) is 77.0 Å². The fraction of sp³-hybridized carbons (Fsp3) is 0.667. The van der Waals surface area contributed by atoms with Gasteiger partial charge in [0.25, 0.3) is 0 Å². The molecule has 0 rings (SSSR count). The second kappa shape index (κ2) is 21.6. The Kier molecular flexibility index (Phi) is 19.8. The molecule has 0 saturated carbocycles. The number of hydrogen-bond acceptors (Lipinski definition) is 6. The van der Waals surface area contributed by atoms with Crippen molar-refractivity contribution >= 4 is 25.6 Å². The molecule has 2 amide bonds. The Labute approximate surface area is 194 Å². The van der Waals surface area contributed by atoms with Gasteiger partial charge in [-0.2, -0.15) is 0 Å². The zero-order valence-electron chi connectivity index (χ0n) is 20.0. The number of aliphatic imine (C=N–C) groups is 2. The Balaban J connectivity index is 3.35. The molecule has 0 aromatic rings. The standard InChI is InChI=1S/C24H42N4O4/c1-25-17-19-27(3)23(29)31-21-15-13-11-9-7-5-6-8-10-12-14-16-22-32-24(30)28(4)20-18-26-2/h17-20H,1-2,5-16,21-22H2,3-4H3/b19-17-,20-18-. The van der Waals surface area contributed by atoms with Gasteiger partial charge in [0.05, 0.1) is 13.2 Å². The van der Waals surface area contributed by atoms with Crippen molar-refractivity contribution in [3.8, 4) is 0 Å². The lowest BCUT2D eigenvalue weighted by Gasteiger charge is -2.11. The fourth-order valence-electron chi connectivity index (χ4n) is 2.91. The molecule has 0 atom stereocenters. The van der Waals surface area contributed by atoms with Crippen molar-refractivity contribution in [1.82, 2.24) is 9.80 Å². The first kappa shape index (κ1) is 29.4. The second-order valence-electron chi connectivity index (χ2n) is 7.65. The average molecular weight is 451 g/mol. The molecule has 8 heteroatoms. The van der Waals surface area contributed by atoms with E-state index in [1.807, 2.05) is 0 Å². The first-order valence-electron chi connectivity index (χ1n) is 11.6. The number of nitrogens with zero attached hydrogens (tertiary/aromatic N) is 4. The highest BCUT2D eigenvalue weighted by atomic mass is 16.6. The van der Waals surface area contributed by atoms with E-state index in [1.54, 1.807) is 14.1 Å². The van der Waals surface area contributed by atoms with Crippen molar-refractivity contribution in [2.75, 3.05) is 27.3 Å². The molecule has 0 saturated heterocycles. The van der Waals surface area contributed by atoms with E-state index in [1.165, 1.54) is 86.0 Å². The lowest BCUT2D eigenvalue weighted by molar-refractivity contribution is 0.120. The van der Waals surface area contributed by atoms with E-state index in [2.05, 4.69) is 23.4 Å². The van der Waals surface area contributed by atoms with Crippen molar-refractivity contribution in [1.29, 1.82) is 0 Å². The largest absolute Gasteiger partial charge is 0.449 e. The van der Waals surface area contributed by atoms with Crippen molar-refractivity contribution in [3.63, 3.8) is 0 Å². The van der Waals surface area contributed by atoms with E-state index < -0.39 is 0 Å². The topological polar surface area (TPSA) is 83.8 Å². The van der Waals surface area contributed by atoms with Gasteiger partial charge in [-0.15, -0.1) is 0 Å². The molecule has 0 aliphatic rings. The predicted octanol–water partition coefficient (Wildman–Crippen LogP) is 6.15. The Bertz CT molecular complexity index is 528. The van der Waals surface area contributed by atoms with E-state index in [4.69, 9.17) is 9.47 Å². The Morgan fingerprint density at radius 1 is 0.625 bits per heavy atom. The molecule has 0 aromatic heterocycles. The maximum absolute atomic E-state index is 11.6. The van der Waals surface area contributed by atoms with Crippen molar-refractivity contribution in [3.05, 3.63) is 24.8 Å². The Hall–Kier alpha value is -2.64. The number of carbonyl (C=O) groups excluding carboxylic acids is 2. The quantitative estimate of drug-likeness (QED) is 0.175. The molecule has 0 aromatic carbocycles. The van der Waals surface area contributed by atoms with Gasteiger partial charge in [0.1, 0.15) is 0 Å². The van der Waals surface area contributed by atoms with Gasteiger partial charge >= 0.3 is 12.2 Å². The summed E-state index contributed by atoms with van der Waals surface area (Å²) < 4.78 is 10.4. The summed E-state index contributed by atoms with van der Waals surface area (Å²) >= 11 is 0. The van der Waals surface area contributed by atoms with Crippen LogP contribution < -0.4 is 0 Å². The minimum absolute atomic E-state index is 0.368. The van der Waals surface area contributed by atoms with Gasteiger partial charge in [-0.3, -0.25) is 19.8 Å².